The van der Waals surface area contributed by atoms with Crippen molar-refractivity contribution in [1.29, 1.82) is 0 Å². The van der Waals surface area contributed by atoms with E-state index in [4.69, 9.17) is 0 Å². The minimum Gasteiger partial charge on any atom is -0.325 e. The van der Waals surface area contributed by atoms with E-state index < -0.39 is 0 Å². The molecule has 1 aromatic rings. The van der Waals surface area contributed by atoms with Gasteiger partial charge in [0.1, 0.15) is 0 Å². The number of hydrogen-bond donors (Lipinski definition) is 2. The molecule has 1 heterocycles. The van der Waals surface area contributed by atoms with Gasteiger partial charge in [-0.25, -0.2) is 0 Å². The molecule has 1 amide bonds. The van der Waals surface area contributed by atoms with Gasteiger partial charge in [0, 0.05) is 8.95 Å². The lowest BCUT2D eigenvalue weighted by atomic mass is 9.74. The maximum Gasteiger partial charge on any atom is 0.230 e. The third-order valence-electron chi connectivity index (χ3n) is 3.95. The summed E-state index contributed by atoms with van der Waals surface area (Å²) >= 11 is 6.94. The number of carbonyl (C=O) groups excluding carboxylic acids is 1. The van der Waals surface area contributed by atoms with Crippen molar-refractivity contribution in [3.8, 4) is 0 Å². The molecule has 3 nitrogen and oxygen atoms in total. The fourth-order valence-electron chi connectivity index (χ4n) is 2.82. The summed E-state index contributed by atoms with van der Waals surface area (Å²) in [7, 11) is 0. The molecular weight excluding hydrogens is 384 g/mol. The topological polar surface area (TPSA) is 41.1 Å². The lowest BCUT2D eigenvalue weighted by Crippen LogP contribution is -2.44. The van der Waals surface area contributed by atoms with Gasteiger partial charge in [0.15, 0.2) is 0 Å². The van der Waals surface area contributed by atoms with Crippen molar-refractivity contribution in [2.45, 2.75) is 32.6 Å². The van der Waals surface area contributed by atoms with Gasteiger partial charge in [-0.3, -0.25) is 4.79 Å². The van der Waals surface area contributed by atoms with Gasteiger partial charge in [-0.15, -0.1) is 0 Å². The van der Waals surface area contributed by atoms with Crippen LogP contribution in [0.4, 0.5) is 5.69 Å². The molecule has 1 saturated heterocycles. The number of rotatable bonds is 4. The molecule has 20 heavy (non-hydrogen) atoms. The number of hydrogen-bond acceptors (Lipinski definition) is 2. The Kier molecular flexibility index (Phi) is 5.64. The number of carbonyl (C=O) groups is 1. The first-order valence-electron chi connectivity index (χ1n) is 7.04. The van der Waals surface area contributed by atoms with Crippen LogP contribution in [0.3, 0.4) is 0 Å². The third kappa shape index (κ3) is 3.62. The van der Waals surface area contributed by atoms with E-state index in [1.165, 1.54) is 0 Å². The second-order valence-electron chi connectivity index (χ2n) is 5.36. The Morgan fingerprint density at radius 2 is 2.05 bits per heavy atom. The zero-order valence-corrected chi connectivity index (χ0v) is 14.8. The number of benzene rings is 1. The SMILES string of the molecule is CCCC1(C(=O)Nc2cc(Br)ccc2Br)CCNCC1. The Hall–Kier alpha value is -0.390. The summed E-state index contributed by atoms with van der Waals surface area (Å²) < 4.78 is 1.88. The second kappa shape index (κ2) is 7.05. The minimum atomic E-state index is -0.220. The summed E-state index contributed by atoms with van der Waals surface area (Å²) in [5.74, 6) is 0.152. The highest BCUT2D eigenvalue weighted by Gasteiger charge is 2.38. The van der Waals surface area contributed by atoms with E-state index in [0.29, 0.717) is 0 Å². The Balaban J connectivity index is 2.18. The molecule has 1 aromatic carbocycles. The Morgan fingerprint density at radius 1 is 1.35 bits per heavy atom. The molecule has 0 atom stereocenters. The minimum absolute atomic E-state index is 0.152. The average molecular weight is 404 g/mol. The summed E-state index contributed by atoms with van der Waals surface area (Å²) in [4.78, 5) is 12.8. The molecule has 110 valence electrons. The predicted octanol–water partition coefficient (Wildman–Crippen LogP) is 4.32. The van der Waals surface area contributed by atoms with Crippen molar-refractivity contribution >= 4 is 43.5 Å². The highest BCUT2D eigenvalue weighted by atomic mass is 79.9. The zero-order chi connectivity index (χ0) is 14.6. The van der Waals surface area contributed by atoms with Crippen molar-refractivity contribution in [1.82, 2.24) is 5.32 Å². The van der Waals surface area contributed by atoms with Crippen molar-refractivity contribution < 1.29 is 4.79 Å². The largest absolute Gasteiger partial charge is 0.325 e. The maximum atomic E-state index is 12.8. The van der Waals surface area contributed by atoms with E-state index in [1.54, 1.807) is 0 Å². The van der Waals surface area contributed by atoms with Crippen molar-refractivity contribution in [2.75, 3.05) is 18.4 Å². The number of halogens is 2. The molecule has 0 unspecified atom stereocenters. The van der Waals surface area contributed by atoms with Crippen LogP contribution in [0.15, 0.2) is 27.1 Å². The Morgan fingerprint density at radius 3 is 2.70 bits per heavy atom. The molecule has 1 aliphatic rings. The smallest absolute Gasteiger partial charge is 0.230 e. The molecule has 1 aliphatic heterocycles. The molecule has 0 bridgehead atoms. The highest BCUT2D eigenvalue weighted by Crippen LogP contribution is 2.36. The van der Waals surface area contributed by atoms with E-state index in [-0.39, 0.29) is 11.3 Å². The van der Waals surface area contributed by atoms with Crippen LogP contribution >= 0.6 is 31.9 Å². The van der Waals surface area contributed by atoms with Gasteiger partial charge in [-0.2, -0.15) is 0 Å². The number of nitrogens with one attached hydrogen (secondary N) is 2. The summed E-state index contributed by atoms with van der Waals surface area (Å²) in [6.45, 7) is 3.99. The number of piperidine rings is 1. The van der Waals surface area contributed by atoms with Crippen LogP contribution in [0, 0.1) is 5.41 Å². The van der Waals surface area contributed by atoms with Crippen molar-refractivity contribution in [3.63, 3.8) is 0 Å². The first kappa shape index (κ1) is 16.0. The van der Waals surface area contributed by atoms with Crippen LogP contribution in [-0.4, -0.2) is 19.0 Å². The van der Waals surface area contributed by atoms with Crippen molar-refractivity contribution in [2.24, 2.45) is 5.41 Å². The molecule has 2 N–H and O–H groups in total. The van der Waals surface area contributed by atoms with E-state index in [9.17, 15) is 4.79 Å². The van der Waals surface area contributed by atoms with Crippen molar-refractivity contribution in [3.05, 3.63) is 27.1 Å². The fourth-order valence-corrected chi connectivity index (χ4v) is 3.53. The summed E-state index contributed by atoms with van der Waals surface area (Å²) in [5, 5.41) is 6.44. The summed E-state index contributed by atoms with van der Waals surface area (Å²) in [5.41, 5.74) is 0.611. The highest BCUT2D eigenvalue weighted by molar-refractivity contribution is 9.11. The molecule has 0 radical (unpaired) electrons. The lowest BCUT2D eigenvalue weighted by molar-refractivity contribution is -0.127. The van der Waals surface area contributed by atoms with E-state index >= 15 is 0 Å². The molecule has 0 saturated carbocycles. The Bertz CT molecular complexity index is 479. The summed E-state index contributed by atoms with van der Waals surface area (Å²) in [6.07, 6.45) is 3.82. The molecular formula is C15H20Br2N2O. The average Bonchev–Trinajstić information content (AvgIpc) is 2.44. The van der Waals surface area contributed by atoms with Crippen LogP contribution in [-0.2, 0) is 4.79 Å². The van der Waals surface area contributed by atoms with Crippen LogP contribution in [0.5, 0.6) is 0 Å². The van der Waals surface area contributed by atoms with Gasteiger partial charge >= 0.3 is 0 Å². The lowest BCUT2D eigenvalue weighted by Gasteiger charge is -2.36. The predicted molar refractivity (Wildman–Crippen MR) is 89.9 cm³/mol. The number of anilines is 1. The van der Waals surface area contributed by atoms with Gasteiger partial charge in [0.05, 0.1) is 11.1 Å². The van der Waals surface area contributed by atoms with Crippen LogP contribution < -0.4 is 10.6 Å². The van der Waals surface area contributed by atoms with Gasteiger partial charge in [-0.1, -0.05) is 29.3 Å². The summed E-state index contributed by atoms with van der Waals surface area (Å²) in [6, 6.07) is 5.82. The zero-order valence-electron chi connectivity index (χ0n) is 11.6. The molecule has 1 fully saturated rings. The molecule has 5 heteroatoms. The maximum absolute atomic E-state index is 12.8. The van der Waals surface area contributed by atoms with Crippen LogP contribution in [0.2, 0.25) is 0 Å². The van der Waals surface area contributed by atoms with E-state index in [1.807, 2.05) is 18.2 Å². The molecule has 0 aliphatic carbocycles. The molecule has 0 spiro atoms. The second-order valence-corrected chi connectivity index (χ2v) is 7.13. The molecule has 0 aromatic heterocycles. The fraction of sp³-hybridized carbons (Fsp3) is 0.533. The van der Waals surface area contributed by atoms with Gasteiger partial charge in [-0.05, 0) is 66.5 Å². The van der Waals surface area contributed by atoms with Crippen LogP contribution in [0.1, 0.15) is 32.6 Å². The Labute approximate surface area is 137 Å². The van der Waals surface area contributed by atoms with Gasteiger partial charge in [0.2, 0.25) is 5.91 Å². The number of amides is 1. The molecule has 2 rings (SSSR count). The monoisotopic (exact) mass is 402 g/mol. The van der Waals surface area contributed by atoms with Gasteiger partial charge < -0.3 is 10.6 Å². The quantitative estimate of drug-likeness (QED) is 0.785. The standard InChI is InChI=1S/C15H20Br2N2O/c1-2-5-15(6-8-18-9-7-15)14(20)19-13-10-11(16)3-4-12(13)17/h3-4,10,18H,2,5-9H2,1H3,(H,19,20). The van der Waals surface area contributed by atoms with Crippen LogP contribution in [0.25, 0.3) is 0 Å². The first-order valence-corrected chi connectivity index (χ1v) is 8.63. The van der Waals surface area contributed by atoms with E-state index in [0.717, 1.165) is 53.4 Å². The van der Waals surface area contributed by atoms with E-state index in [2.05, 4.69) is 49.4 Å². The normalized spacial score (nSPS) is 17.8. The third-order valence-corrected chi connectivity index (χ3v) is 5.13. The van der Waals surface area contributed by atoms with Gasteiger partial charge in [0.25, 0.3) is 0 Å². The first-order chi connectivity index (χ1) is 9.57.